The van der Waals surface area contributed by atoms with Crippen molar-refractivity contribution < 1.29 is 57.1 Å². The summed E-state index contributed by atoms with van der Waals surface area (Å²) in [5.74, 6) is -1.55. The quantitative estimate of drug-likeness (QED) is 0.0201. The van der Waals surface area contributed by atoms with Gasteiger partial charge in [-0.2, -0.15) is 0 Å². The van der Waals surface area contributed by atoms with Crippen LogP contribution < -0.4 is 5.32 Å². The molecule has 0 aromatic heterocycles. The Bertz CT molecular complexity index is 1430. The summed E-state index contributed by atoms with van der Waals surface area (Å²) in [4.78, 5) is 67.0. The van der Waals surface area contributed by atoms with Crippen molar-refractivity contribution in [2.24, 2.45) is 11.8 Å². The van der Waals surface area contributed by atoms with E-state index in [2.05, 4.69) is 69.1 Å². The average Bonchev–Trinajstić information content (AvgIpc) is 3.93. The minimum Gasteiger partial charge on any atom is -0.466 e. The number of rotatable bonds is 52. The van der Waals surface area contributed by atoms with Gasteiger partial charge in [0, 0.05) is 52.0 Å². The van der Waals surface area contributed by atoms with Gasteiger partial charge in [0.15, 0.2) is 6.29 Å². The number of allylic oxidation sites excluding steroid dienone is 4. The maximum Gasteiger partial charge on any atom is 0.407 e. The monoisotopic (exact) mass is 1060 g/mol. The average molecular weight is 1060 g/mol. The summed E-state index contributed by atoms with van der Waals surface area (Å²) in [7, 11) is 0. The smallest absolute Gasteiger partial charge is 0.407 e. The molecule has 1 saturated heterocycles. The van der Waals surface area contributed by atoms with Gasteiger partial charge in [-0.25, -0.2) is 4.79 Å². The Hall–Kier alpha value is -3.49. The Morgan fingerprint density at radius 2 is 1.00 bits per heavy atom. The van der Waals surface area contributed by atoms with Crippen molar-refractivity contribution in [1.82, 2.24) is 10.2 Å². The first kappa shape index (κ1) is 69.5. The highest BCUT2D eigenvalue weighted by Gasteiger charge is 2.22. The van der Waals surface area contributed by atoms with E-state index in [0.29, 0.717) is 64.4 Å². The topological polar surface area (TPSA) is 165 Å². The Morgan fingerprint density at radius 3 is 1.61 bits per heavy atom. The fraction of sp³-hybridized carbons (Fsp3) is 0.852. The van der Waals surface area contributed by atoms with Crippen LogP contribution in [0.1, 0.15) is 247 Å². The van der Waals surface area contributed by atoms with Crippen molar-refractivity contribution in [3.05, 3.63) is 24.3 Å². The third-order valence-electron chi connectivity index (χ3n) is 13.6. The van der Waals surface area contributed by atoms with Gasteiger partial charge in [-0.15, -0.1) is 0 Å². The van der Waals surface area contributed by atoms with Gasteiger partial charge in [0.1, 0.15) is 25.9 Å². The molecule has 436 valence electrons. The maximum atomic E-state index is 13.2. The zero-order valence-corrected chi connectivity index (χ0v) is 48.4. The molecule has 0 bridgehead atoms. The lowest BCUT2D eigenvalue weighted by atomic mass is 9.92. The largest absolute Gasteiger partial charge is 0.466 e. The van der Waals surface area contributed by atoms with E-state index in [0.717, 1.165) is 148 Å². The molecule has 0 spiro atoms. The van der Waals surface area contributed by atoms with Crippen LogP contribution >= 0.6 is 0 Å². The molecule has 75 heavy (non-hydrogen) atoms. The maximum absolute atomic E-state index is 13.2. The molecule has 14 heteroatoms. The fourth-order valence-corrected chi connectivity index (χ4v) is 8.93. The van der Waals surface area contributed by atoms with E-state index in [4.69, 9.17) is 33.2 Å². The second kappa shape index (κ2) is 51.3. The molecule has 1 amide bonds. The predicted molar refractivity (Wildman–Crippen MR) is 300 cm³/mol. The number of likely N-dealkylation sites (tertiary alicyclic amines) is 1. The van der Waals surface area contributed by atoms with Crippen LogP contribution in [0.4, 0.5) is 4.79 Å². The van der Waals surface area contributed by atoms with Crippen LogP contribution in [0.2, 0.25) is 0 Å². The number of amides is 1. The van der Waals surface area contributed by atoms with Crippen LogP contribution in [-0.4, -0.2) is 113 Å². The number of nitrogens with zero attached hydrogens (tertiary/aromatic N) is 1. The molecule has 0 aromatic carbocycles. The van der Waals surface area contributed by atoms with Crippen molar-refractivity contribution in [1.29, 1.82) is 0 Å². The van der Waals surface area contributed by atoms with Crippen LogP contribution in [-0.2, 0) is 52.3 Å². The summed E-state index contributed by atoms with van der Waals surface area (Å²) >= 11 is 0. The Kier molecular flexibility index (Phi) is 47.5. The first-order valence-corrected chi connectivity index (χ1v) is 30.5. The number of carbonyl (C=O) groups excluding carboxylic acids is 5. The Labute approximate surface area is 456 Å². The zero-order valence-electron chi connectivity index (χ0n) is 48.4. The van der Waals surface area contributed by atoms with Crippen molar-refractivity contribution in [3.8, 4) is 0 Å². The molecular formula is C61H110N2O12. The summed E-state index contributed by atoms with van der Waals surface area (Å²) in [6.07, 6.45) is 35.8. The molecule has 1 N–H and O–H groups in total. The van der Waals surface area contributed by atoms with Gasteiger partial charge in [-0.1, -0.05) is 130 Å². The van der Waals surface area contributed by atoms with E-state index < -0.39 is 36.3 Å². The Morgan fingerprint density at radius 1 is 0.480 bits per heavy atom. The molecule has 0 radical (unpaired) electrons. The fourth-order valence-electron chi connectivity index (χ4n) is 8.93. The Balaban J connectivity index is 2.77. The minimum absolute atomic E-state index is 0.0408. The number of unbranched alkanes of at least 4 members (excludes halogenated alkanes) is 14. The standard InChI is InChI=1S/C61H110N2O12/c1-6-11-16-19-23-32-47-70-60(71-48-33-24-20-17-12-7-2)41-40-58(66)74-52-54(50-72-56(64)37-28-22-21-25-31-46-69-59(67)49-53(34-15-10-5)35-26-14-9-4)51-73-57(65)39-38-55(36-27-18-13-8-3)75-61(68)62-42-45-63-43-29-30-44-63/h11-12,16-17,53-55,60H,6-10,13-15,18-52H2,1-5H3,(H,62,68)/b16-11-,17-12-. The van der Waals surface area contributed by atoms with Crippen molar-refractivity contribution in [3.63, 3.8) is 0 Å². The van der Waals surface area contributed by atoms with E-state index in [1.807, 2.05) is 0 Å². The number of hydrogen-bond acceptors (Lipinski definition) is 13. The molecule has 1 aliphatic heterocycles. The molecule has 1 aliphatic rings. The van der Waals surface area contributed by atoms with Crippen LogP contribution in [0, 0.1) is 11.8 Å². The van der Waals surface area contributed by atoms with E-state index in [1.54, 1.807) is 0 Å². The summed E-state index contributed by atoms with van der Waals surface area (Å²) in [6.45, 7) is 15.4. The number of nitrogens with one attached hydrogen (secondary N) is 1. The van der Waals surface area contributed by atoms with Crippen LogP contribution in [0.25, 0.3) is 0 Å². The van der Waals surface area contributed by atoms with E-state index >= 15 is 0 Å². The van der Waals surface area contributed by atoms with Crippen molar-refractivity contribution in [2.45, 2.75) is 259 Å². The van der Waals surface area contributed by atoms with E-state index in [-0.39, 0.29) is 51.0 Å². The van der Waals surface area contributed by atoms with Crippen LogP contribution in [0.15, 0.2) is 24.3 Å². The van der Waals surface area contributed by atoms with E-state index in [9.17, 15) is 24.0 Å². The molecule has 0 saturated carbocycles. The number of carbonyl (C=O) groups is 5. The number of ether oxygens (including phenoxy) is 7. The lowest BCUT2D eigenvalue weighted by Crippen LogP contribution is -2.35. The minimum atomic E-state index is -0.586. The molecule has 14 nitrogen and oxygen atoms in total. The predicted octanol–water partition coefficient (Wildman–Crippen LogP) is 14.2. The highest BCUT2D eigenvalue weighted by molar-refractivity contribution is 5.71. The second-order valence-electron chi connectivity index (χ2n) is 20.7. The molecule has 3 atom stereocenters. The first-order chi connectivity index (χ1) is 36.6. The number of hydrogen-bond donors (Lipinski definition) is 1. The molecule has 1 heterocycles. The van der Waals surface area contributed by atoms with E-state index in [1.165, 1.54) is 32.1 Å². The number of alkyl carbamates (subject to hydrolysis) is 1. The van der Waals surface area contributed by atoms with Crippen molar-refractivity contribution in [2.75, 3.05) is 65.8 Å². The highest BCUT2D eigenvalue weighted by Crippen LogP contribution is 2.22. The van der Waals surface area contributed by atoms with Crippen molar-refractivity contribution >= 4 is 30.0 Å². The van der Waals surface area contributed by atoms with Gasteiger partial charge < -0.3 is 43.4 Å². The lowest BCUT2D eigenvalue weighted by Gasteiger charge is -2.20. The molecular weight excluding hydrogens is 953 g/mol. The third-order valence-corrected chi connectivity index (χ3v) is 13.6. The zero-order chi connectivity index (χ0) is 54.7. The number of esters is 4. The summed E-state index contributed by atoms with van der Waals surface area (Å²) < 4.78 is 40.7. The molecule has 1 rings (SSSR count). The molecule has 0 aromatic rings. The van der Waals surface area contributed by atoms with Crippen LogP contribution in [0.3, 0.4) is 0 Å². The summed E-state index contributed by atoms with van der Waals surface area (Å²) in [5, 5.41) is 2.88. The third kappa shape index (κ3) is 44.2. The van der Waals surface area contributed by atoms with Gasteiger partial charge in [0.25, 0.3) is 0 Å². The van der Waals surface area contributed by atoms with Gasteiger partial charge in [-0.3, -0.25) is 19.2 Å². The van der Waals surface area contributed by atoms with Gasteiger partial charge in [0.2, 0.25) is 0 Å². The van der Waals surface area contributed by atoms with Gasteiger partial charge in [-0.05, 0) is 128 Å². The second-order valence-corrected chi connectivity index (χ2v) is 20.7. The van der Waals surface area contributed by atoms with Gasteiger partial charge >= 0.3 is 30.0 Å². The summed E-state index contributed by atoms with van der Waals surface area (Å²) in [5.41, 5.74) is 0. The molecule has 0 aliphatic carbocycles. The van der Waals surface area contributed by atoms with Crippen LogP contribution in [0.5, 0.6) is 0 Å². The molecule has 1 fully saturated rings. The normalized spacial score (nSPS) is 14.1. The van der Waals surface area contributed by atoms with Gasteiger partial charge in [0.05, 0.1) is 18.9 Å². The summed E-state index contributed by atoms with van der Waals surface area (Å²) in [6, 6.07) is 0. The highest BCUT2D eigenvalue weighted by atomic mass is 16.7. The lowest BCUT2D eigenvalue weighted by molar-refractivity contribution is -0.162. The SMILES string of the molecule is CC/C=C\CCCCOC(CCC(=O)OCC(COC(=O)CCCCCCCOC(=O)CC(CCCC)CCCCC)COC(=O)CCC(CCCCCC)OC(=O)NCCN1CCCC1)OCCCC/C=C\CC. The first-order valence-electron chi connectivity index (χ1n) is 30.5. The molecule has 3 unspecified atom stereocenters.